The summed E-state index contributed by atoms with van der Waals surface area (Å²) in [4.78, 5) is 0. The smallest absolute Gasteiger partial charge is 0.134 e. The Morgan fingerprint density at radius 3 is 2.29 bits per heavy atom. The number of aryl methyl sites for hydroxylation is 4. The van der Waals surface area contributed by atoms with Crippen molar-refractivity contribution >= 4 is 0 Å². The van der Waals surface area contributed by atoms with Gasteiger partial charge in [-0.2, -0.15) is 0 Å². The van der Waals surface area contributed by atoms with Crippen molar-refractivity contribution in [1.29, 1.82) is 0 Å². The van der Waals surface area contributed by atoms with Crippen molar-refractivity contribution < 1.29 is 4.74 Å². The molecule has 34 heavy (non-hydrogen) atoms. The lowest BCUT2D eigenvalue weighted by Crippen LogP contribution is -2.33. The fourth-order valence-corrected chi connectivity index (χ4v) is 2.80. The summed E-state index contributed by atoms with van der Waals surface area (Å²) in [5, 5.41) is 17.5. The van der Waals surface area contributed by atoms with Gasteiger partial charge in [-0.05, 0) is 56.9 Å². The molecule has 3 aromatic rings. The Bertz CT molecular complexity index is 1050. The second-order valence-corrected chi connectivity index (χ2v) is 8.16. The van der Waals surface area contributed by atoms with Crippen LogP contribution in [-0.2, 0) is 33.5 Å². The number of rotatable bonds is 9. The number of benzene rings is 1. The van der Waals surface area contributed by atoms with Crippen LogP contribution in [0.25, 0.3) is 0 Å². The number of hydrogen-bond donors (Lipinski definition) is 2. The average Bonchev–Trinajstić information content (AvgIpc) is 3.43. The number of terminal acetylenes is 1. The van der Waals surface area contributed by atoms with Gasteiger partial charge in [-0.1, -0.05) is 23.3 Å². The minimum absolute atomic E-state index is 0.310. The van der Waals surface area contributed by atoms with Crippen LogP contribution in [0, 0.1) is 12.3 Å². The molecule has 2 aromatic heterocycles. The number of aromatic nitrogens is 6. The number of hydrogen-bond acceptors (Lipinski definition) is 8. The summed E-state index contributed by atoms with van der Waals surface area (Å²) in [5.41, 5.74) is 9.98. The molecule has 0 amide bonds. The van der Waals surface area contributed by atoms with Crippen molar-refractivity contribution in [3.63, 3.8) is 0 Å². The van der Waals surface area contributed by atoms with E-state index in [1.807, 2.05) is 65.5 Å². The second kappa shape index (κ2) is 13.0. The van der Waals surface area contributed by atoms with Gasteiger partial charge in [0.1, 0.15) is 18.1 Å². The van der Waals surface area contributed by atoms with E-state index in [9.17, 15) is 0 Å². The Balaban J connectivity index is 0.000000347. The van der Waals surface area contributed by atoms with E-state index < -0.39 is 0 Å². The number of ether oxygens (including phenoxy) is 1. The lowest BCUT2D eigenvalue weighted by Gasteiger charge is -2.18. The van der Waals surface area contributed by atoms with Crippen LogP contribution in [0.15, 0.2) is 42.5 Å². The van der Waals surface area contributed by atoms with Crippen molar-refractivity contribution in [2.45, 2.75) is 52.7 Å². The summed E-state index contributed by atoms with van der Waals surface area (Å²) in [6.07, 6.45) is 13.5. The van der Waals surface area contributed by atoms with E-state index in [2.05, 4.69) is 26.5 Å². The molecule has 10 heteroatoms. The van der Waals surface area contributed by atoms with Crippen LogP contribution in [0.1, 0.15) is 49.7 Å². The van der Waals surface area contributed by atoms with E-state index in [1.165, 1.54) is 0 Å². The van der Waals surface area contributed by atoms with Crippen LogP contribution >= 0.6 is 0 Å². The van der Waals surface area contributed by atoms with Crippen molar-refractivity contribution in [1.82, 2.24) is 35.0 Å². The van der Waals surface area contributed by atoms with E-state index >= 15 is 0 Å². The number of nitrogens with two attached hydrogens (primary N) is 2. The standard InChI is InChI=1S/C17H18N6O.C7H17N3/c1-4-13-7-14(5-6-15-10-22(2)20-18-15)9-17(8-13)24-12-16-11-23(3)21-19-16;1-4-7(8)5-10(9)6(2)3/h1,7-11H,5-6,12H2,2-3H3;5-6H,4,8-9H2,1-3H3/b;7-5-. The first-order valence-electron chi connectivity index (χ1n) is 11.1. The van der Waals surface area contributed by atoms with Crippen LogP contribution < -0.4 is 16.3 Å². The van der Waals surface area contributed by atoms with Crippen molar-refractivity contribution in [2.75, 3.05) is 0 Å². The zero-order valence-corrected chi connectivity index (χ0v) is 20.6. The summed E-state index contributed by atoms with van der Waals surface area (Å²) in [7, 11) is 3.67. The SMILES string of the molecule is C#Cc1cc(CCc2cn(C)nn2)cc(OCc2cn(C)nn2)c1.CC/C(N)=C/N(N)C(C)C. The molecule has 1 aromatic carbocycles. The van der Waals surface area contributed by atoms with E-state index in [-0.39, 0.29) is 0 Å². The predicted octanol–water partition coefficient (Wildman–Crippen LogP) is 2.07. The molecule has 0 bridgehead atoms. The van der Waals surface area contributed by atoms with Crippen molar-refractivity contribution in [2.24, 2.45) is 25.7 Å². The van der Waals surface area contributed by atoms with Crippen LogP contribution in [0.4, 0.5) is 0 Å². The van der Waals surface area contributed by atoms with Crippen LogP contribution in [0.3, 0.4) is 0 Å². The second-order valence-electron chi connectivity index (χ2n) is 8.16. The summed E-state index contributed by atoms with van der Waals surface area (Å²) in [6, 6.07) is 6.14. The highest BCUT2D eigenvalue weighted by molar-refractivity contribution is 5.42. The third-order valence-corrected chi connectivity index (χ3v) is 4.81. The number of allylic oxidation sites excluding steroid dienone is 1. The average molecular weight is 466 g/mol. The highest BCUT2D eigenvalue weighted by Gasteiger charge is 2.06. The van der Waals surface area contributed by atoms with Gasteiger partial charge in [-0.25, -0.2) is 5.84 Å². The molecular weight excluding hydrogens is 430 g/mol. The van der Waals surface area contributed by atoms with Gasteiger partial charge in [0, 0.05) is 43.8 Å². The van der Waals surface area contributed by atoms with Gasteiger partial charge >= 0.3 is 0 Å². The van der Waals surface area contributed by atoms with Gasteiger partial charge in [0.15, 0.2) is 0 Å². The Hall–Kier alpha value is -3.84. The molecule has 0 saturated heterocycles. The monoisotopic (exact) mass is 465 g/mol. The molecule has 3 rings (SSSR count). The van der Waals surface area contributed by atoms with Crippen molar-refractivity contribution in [3.8, 4) is 18.1 Å². The maximum absolute atomic E-state index is 5.80. The van der Waals surface area contributed by atoms with Crippen LogP contribution in [-0.4, -0.2) is 41.0 Å². The lowest BCUT2D eigenvalue weighted by molar-refractivity contribution is 0.301. The van der Waals surface area contributed by atoms with Gasteiger partial charge in [0.2, 0.25) is 0 Å². The van der Waals surface area contributed by atoms with E-state index in [1.54, 1.807) is 20.6 Å². The predicted molar refractivity (Wildman–Crippen MR) is 132 cm³/mol. The van der Waals surface area contributed by atoms with Gasteiger partial charge in [-0.3, -0.25) is 9.36 Å². The van der Waals surface area contributed by atoms with Gasteiger partial charge in [0.05, 0.1) is 11.9 Å². The minimum atomic E-state index is 0.310. The Morgan fingerprint density at radius 1 is 1.12 bits per heavy atom. The molecule has 10 nitrogen and oxygen atoms in total. The Morgan fingerprint density at radius 2 is 1.76 bits per heavy atom. The molecule has 0 saturated carbocycles. The lowest BCUT2D eigenvalue weighted by atomic mass is 10.0. The molecule has 2 heterocycles. The van der Waals surface area contributed by atoms with E-state index in [0.717, 1.165) is 53.2 Å². The Labute approximate surface area is 201 Å². The van der Waals surface area contributed by atoms with E-state index in [4.69, 9.17) is 22.7 Å². The third kappa shape index (κ3) is 8.96. The molecule has 0 aliphatic heterocycles. The summed E-state index contributed by atoms with van der Waals surface area (Å²) < 4.78 is 9.14. The number of nitrogens with zero attached hydrogens (tertiary/aromatic N) is 7. The van der Waals surface area contributed by atoms with Gasteiger partial charge in [-0.15, -0.1) is 16.6 Å². The highest BCUT2D eigenvalue weighted by Crippen LogP contribution is 2.19. The fraction of sp³-hybridized carbons (Fsp3) is 0.417. The molecule has 0 radical (unpaired) electrons. The maximum atomic E-state index is 5.80. The molecule has 182 valence electrons. The summed E-state index contributed by atoms with van der Waals surface area (Å²) in [6.45, 7) is 6.38. The van der Waals surface area contributed by atoms with E-state index in [0.29, 0.717) is 12.6 Å². The first kappa shape index (κ1) is 26.4. The highest BCUT2D eigenvalue weighted by atomic mass is 16.5. The largest absolute Gasteiger partial charge is 0.487 e. The Kier molecular flexibility index (Phi) is 10.1. The molecule has 0 aliphatic rings. The maximum Gasteiger partial charge on any atom is 0.134 e. The van der Waals surface area contributed by atoms with Crippen LogP contribution in [0.2, 0.25) is 0 Å². The normalized spacial score (nSPS) is 11.1. The molecule has 0 unspecified atom stereocenters. The molecule has 0 aliphatic carbocycles. The quantitative estimate of drug-likeness (QED) is 0.279. The summed E-state index contributed by atoms with van der Waals surface area (Å²) in [5.74, 6) is 8.97. The molecule has 0 spiro atoms. The third-order valence-electron chi connectivity index (χ3n) is 4.81. The molecule has 0 atom stereocenters. The molecule has 0 fully saturated rings. The van der Waals surface area contributed by atoms with Gasteiger partial charge < -0.3 is 15.5 Å². The minimum Gasteiger partial charge on any atom is -0.487 e. The summed E-state index contributed by atoms with van der Waals surface area (Å²) >= 11 is 0. The first-order chi connectivity index (χ1) is 16.2. The van der Waals surface area contributed by atoms with Crippen LogP contribution in [0.5, 0.6) is 5.75 Å². The zero-order valence-electron chi connectivity index (χ0n) is 20.6. The zero-order chi connectivity index (χ0) is 25.1. The fourth-order valence-electron chi connectivity index (χ4n) is 2.80. The van der Waals surface area contributed by atoms with Gasteiger partial charge in [0.25, 0.3) is 0 Å². The first-order valence-corrected chi connectivity index (χ1v) is 11.1. The van der Waals surface area contributed by atoms with Crippen molar-refractivity contribution in [3.05, 3.63) is 65.0 Å². The molecule has 4 N–H and O–H groups in total. The topological polar surface area (TPSA) is 126 Å². The molecular formula is C24H35N9O. The number of hydrazine groups is 1.